The van der Waals surface area contributed by atoms with Gasteiger partial charge in [0, 0.05) is 30.9 Å². The molecule has 7 nitrogen and oxygen atoms in total. The average molecular weight is 475 g/mol. The van der Waals surface area contributed by atoms with E-state index in [0.29, 0.717) is 48.0 Å². The van der Waals surface area contributed by atoms with E-state index < -0.39 is 10.0 Å². The lowest BCUT2D eigenvalue weighted by Gasteiger charge is -2.39. The van der Waals surface area contributed by atoms with Crippen molar-refractivity contribution in [3.63, 3.8) is 0 Å². The predicted octanol–water partition coefficient (Wildman–Crippen LogP) is 3.27. The van der Waals surface area contributed by atoms with Gasteiger partial charge in [0.15, 0.2) is 11.5 Å². The number of para-hydroxylation sites is 1. The molecule has 3 aromatic rings. The molecule has 1 aromatic heterocycles. The molecule has 32 heavy (non-hydrogen) atoms. The summed E-state index contributed by atoms with van der Waals surface area (Å²) in [4.78, 5) is 2.26. The van der Waals surface area contributed by atoms with Gasteiger partial charge in [-0.15, -0.1) is 11.3 Å². The molecule has 0 bridgehead atoms. The van der Waals surface area contributed by atoms with Gasteiger partial charge in [0.1, 0.15) is 24.0 Å². The highest BCUT2D eigenvalue weighted by molar-refractivity contribution is 7.91. The van der Waals surface area contributed by atoms with Crippen molar-refractivity contribution < 1.29 is 22.6 Å². The second-order valence-corrected chi connectivity index (χ2v) is 11.1. The fraction of sp³-hybridized carbons (Fsp3) is 0.391. The van der Waals surface area contributed by atoms with Gasteiger partial charge in [-0.05, 0) is 42.0 Å². The monoisotopic (exact) mass is 474 g/mol. The van der Waals surface area contributed by atoms with Crippen LogP contribution in [0.4, 0.5) is 0 Å². The van der Waals surface area contributed by atoms with Crippen molar-refractivity contribution in [2.45, 2.75) is 11.1 Å². The molecule has 1 fully saturated rings. The summed E-state index contributed by atoms with van der Waals surface area (Å²) >= 11 is 1.33. The second-order valence-electron chi connectivity index (χ2n) is 8.12. The summed E-state index contributed by atoms with van der Waals surface area (Å²) in [5.41, 5.74) is 0.822. The number of rotatable bonds is 8. The summed E-state index contributed by atoms with van der Waals surface area (Å²) in [5, 5.41) is 1.00. The average Bonchev–Trinajstić information content (AvgIpc) is 3.12. The van der Waals surface area contributed by atoms with Crippen LogP contribution >= 0.6 is 11.3 Å². The van der Waals surface area contributed by atoms with Crippen molar-refractivity contribution in [2.24, 2.45) is 5.92 Å². The van der Waals surface area contributed by atoms with E-state index in [0.717, 1.165) is 41.0 Å². The van der Waals surface area contributed by atoms with Crippen LogP contribution in [0.25, 0.3) is 10.1 Å². The lowest BCUT2D eigenvalue weighted by atomic mass is 10.0. The third-order valence-corrected chi connectivity index (χ3v) is 9.15. The van der Waals surface area contributed by atoms with Crippen molar-refractivity contribution in [1.82, 2.24) is 9.62 Å². The van der Waals surface area contributed by atoms with Gasteiger partial charge < -0.3 is 14.2 Å². The topological polar surface area (TPSA) is 77.1 Å². The highest BCUT2D eigenvalue weighted by atomic mass is 32.2. The number of ether oxygens (including phenoxy) is 3. The molecule has 0 aliphatic carbocycles. The standard InChI is InChI=1S/C23H26N2O5S2/c1-16-18-5-2-3-8-21(18)31-23(16)32(26,27)24-13-17-14-25(15-17)9-10-28-19-6-4-7-20-22(19)30-12-11-29-20/h2-8,17,24H,9-15H2,1H3. The maximum absolute atomic E-state index is 12.8. The van der Waals surface area contributed by atoms with E-state index in [2.05, 4.69) is 9.62 Å². The van der Waals surface area contributed by atoms with E-state index in [-0.39, 0.29) is 0 Å². The molecule has 0 amide bonds. The first-order valence-corrected chi connectivity index (χ1v) is 13.0. The SMILES string of the molecule is Cc1c(S(=O)(=O)NCC2CN(CCOc3cccc4c3OCCO4)C2)sc2ccccc12. The van der Waals surface area contributed by atoms with E-state index >= 15 is 0 Å². The Labute approximate surface area is 191 Å². The molecule has 0 spiro atoms. The summed E-state index contributed by atoms with van der Waals surface area (Å²) in [6.07, 6.45) is 0. The van der Waals surface area contributed by atoms with Crippen LogP contribution in [0.5, 0.6) is 17.2 Å². The lowest BCUT2D eigenvalue weighted by molar-refractivity contribution is 0.0835. The fourth-order valence-electron chi connectivity index (χ4n) is 4.14. The van der Waals surface area contributed by atoms with Crippen LogP contribution in [0, 0.1) is 12.8 Å². The molecule has 3 heterocycles. The molecular weight excluding hydrogens is 448 g/mol. The Morgan fingerprint density at radius 1 is 1.12 bits per heavy atom. The Balaban J connectivity index is 1.08. The summed E-state index contributed by atoms with van der Waals surface area (Å²) < 4.78 is 47.1. The van der Waals surface area contributed by atoms with Gasteiger partial charge in [0.25, 0.3) is 0 Å². The molecule has 0 saturated carbocycles. The van der Waals surface area contributed by atoms with Crippen molar-refractivity contribution in [2.75, 3.05) is 46.0 Å². The maximum Gasteiger partial charge on any atom is 0.250 e. The van der Waals surface area contributed by atoms with Gasteiger partial charge in [0.2, 0.25) is 15.8 Å². The van der Waals surface area contributed by atoms with E-state index in [9.17, 15) is 8.42 Å². The van der Waals surface area contributed by atoms with Crippen molar-refractivity contribution in [1.29, 1.82) is 0 Å². The van der Waals surface area contributed by atoms with Crippen LogP contribution in [0.15, 0.2) is 46.7 Å². The number of fused-ring (bicyclic) bond motifs is 2. The smallest absolute Gasteiger partial charge is 0.250 e. The Hall–Kier alpha value is -2.33. The van der Waals surface area contributed by atoms with Gasteiger partial charge in [-0.3, -0.25) is 4.90 Å². The summed E-state index contributed by atoms with van der Waals surface area (Å²) in [5.74, 6) is 2.40. The minimum Gasteiger partial charge on any atom is -0.488 e. The predicted molar refractivity (Wildman–Crippen MR) is 125 cm³/mol. The van der Waals surface area contributed by atoms with Gasteiger partial charge in [0.05, 0.1) is 0 Å². The minimum atomic E-state index is -3.50. The normalized spacial score (nSPS) is 16.8. The number of nitrogens with one attached hydrogen (secondary N) is 1. The Morgan fingerprint density at radius 2 is 1.94 bits per heavy atom. The molecule has 2 aliphatic rings. The van der Waals surface area contributed by atoms with Gasteiger partial charge in [-0.2, -0.15) is 0 Å². The summed E-state index contributed by atoms with van der Waals surface area (Å²) in [6.45, 7) is 6.43. The highest BCUT2D eigenvalue weighted by Gasteiger charge is 2.29. The first-order valence-electron chi connectivity index (χ1n) is 10.7. The quantitative estimate of drug-likeness (QED) is 0.540. The summed E-state index contributed by atoms with van der Waals surface area (Å²) in [7, 11) is -3.50. The Kier molecular flexibility index (Phi) is 5.98. The van der Waals surface area contributed by atoms with Crippen molar-refractivity contribution in [3.8, 4) is 17.2 Å². The number of thiophene rings is 1. The zero-order valence-electron chi connectivity index (χ0n) is 17.9. The first-order chi connectivity index (χ1) is 15.5. The maximum atomic E-state index is 12.8. The number of hydrogen-bond donors (Lipinski definition) is 1. The highest BCUT2D eigenvalue weighted by Crippen LogP contribution is 2.39. The fourth-order valence-corrected chi connectivity index (χ4v) is 7.06. The molecular formula is C23H26N2O5S2. The number of benzene rings is 2. The number of sulfonamides is 1. The van der Waals surface area contributed by atoms with Crippen LogP contribution in [0.1, 0.15) is 5.56 Å². The number of aryl methyl sites for hydroxylation is 1. The van der Waals surface area contributed by atoms with E-state index in [1.54, 1.807) is 0 Å². The van der Waals surface area contributed by atoms with E-state index in [1.165, 1.54) is 11.3 Å². The Bertz CT molecular complexity index is 1220. The molecule has 0 unspecified atom stereocenters. The van der Waals surface area contributed by atoms with Crippen molar-refractivity contribution >= 4 is 31.4 Å². The van der Waals surface area contributed by atoms with E-state index in [4.69, 9.17) is 14.2 Å². The van der Waals surface area contributed by atoms with Gasteiger partial charge in [-0.1, -0.05) is 24.3 Å². The third kappa shape index (κ3) is 4.30. The molecule has 2 aromatic carbocycles. The molecule has 1 N–H and O–H groups in total. The second kappa shape index (κ2) is 8.90. The van der Waals surface area contributed by atoms with Gasteiger partial charge >= 0.3 is 0 Å². The van der Waals surface area contributed by atoms with Crippen LogP contribution in [-0.4, -0.2) is 59.3 Å². The third-order valence-electron chi connectivity index (χ3n) is 5.83. The first kappa shape index (κ1) is 21.5. The molecule has 5 rings (SSSR count). The number of hydrogen-bond acceptors (Lipinski definition) is 7. The van der Waals surface area contributed by atoms with Crippen LogP contribution in [-0.2, 0) is 10.0 Å². The van der Waals surface area contributed by atoms with E-state index in [1.807, 2.05) is 49.4 Å². The molecule has 0 radical (unpaired) electrons. The molecule has 0 atom stereocenters. The molecule has 2 aliphatic heterocycles. The number of nitrogens with zero attached hydrogens (tertiary/aromatic N) is 1. The minimum absolute atomic E-state index is 0.306. The molecule has 9 heteroatoms. The van der Waals surface area contributed by atoms with Crippen LogP contribution < -0.4 is 18.9 Å². The Morgan fingerprint density at radius 3 is 2.78 bits per heavy atom. The summed E-state index contributed by atoms with van der Waals surface area (Å²) in [6, 6.07) is 13.5. The zero-order valence-corrected chi connectivity index (χ0v) is 19.5. The largest absolute Gasteiger partial charge is 0.488 e. The lowest BCUT2D eigenvalue weighted by Crippen LogP contribution is -2.52. The zero-order chi connectivity index (χ0) is 22.1. The molecule has 170 valence electrons. The molecule has 1 saturated heterocycles. The van der Waals surface area contributed by atoms with Crippen molar-refractivity contribution in [3.05, 3.63) is 48.0 Å². The van der Waals surface area contributed by atoms with Crippen LogP contribution in [0.3, 0.4) is 0 Å². The number of likely N-dealkylation sites (tertiary alicyclic amines) is 1. The van der Waals surface area contributed by atoms with Crippen LogP contribution in [0.2, 0.25) is 0 Å². The van der Waals surface area contributed by atoms with Gasteiger partial charge in [-0.25, -0.2) is 13.1 Å².